The normalized spacial score (nSPS) is 15.8. The Kier molecular flexibility index (Phi) is 13.8. The molecule has 0 saturated carbocycles. The first-order valence-electron chi connectivity index (χ1n) is 19.6. The van der Waals surface area contributed by atoms with Crippen molar-refractivity contribution in [3.05, 3.63) is 144 Å². The van der Waals surface area contributed by atoms with Gasteiger partial charge in [-0.1, -0.05) is 36.4 Å². The third-order valence-corrected chi connectivity index (χ3v) is 11.5. The quantitative estimate of drug-likeness (QED) is 0.0743. The van der Waals surface area contributed by atoms with Crippen molar-refractivity contribution in [2.24, 2.45) is 5.92 Å². The minimum atomic E-state index is -1.57. The summed E-state index contributed by atoms with van der Waals surface area (Å²) < 4.78 is 43.1. The molecule has 2 saturated heterocycles. The average molecular weight is 823 g/mol. The van der Waals surface area contributed by atoms with Gasteiger partial charge in [0.1, 0.15) is 22.7 Å². The number of fused-ring (bicyclic) bond motifs is 1. The summed E-state index contributed by atoms with van der Waals surface area (Å²) in [7, 11) is 1.00. The maximum Gasteiger partial charge on any atom is 0.265 e. The smallest absolute Gasteiger partial charge is 0.265 e. The van der Waals surface area contributed by atoms with Crippen molar-refractivity contribution >= 4 is 40.3 Å². The van der Waals surface area contributed by atoms with Gasteiger partial charge in [-0.2, -0.15) is 0 Å². The molecule has 1 amide bonds. The van der Waals surface area contributed by atoms with E-state index in [1.54, 1.807) is 24.4 Å². The van der Waals surface area contributed by atoms with E-state index < -0.39 is 17.2 Å². The average Bonchev–Trinajstić information content (AvgIpc) is 3.76. The van der Waals surface area contributed by atoms with Crippen molar-refractivity contribution in [2.45, 2.75) is 23.3 Å². The molecule has 1 unspecified atom stereocenters. The van der Waals surface area contributed by atoms with Gasteiger partial charge >= 0.3 is 0 Å². The zero-order chi connectivity index (χ0) is 41.2. The molecule has 2 aliphatic rings. The van der Waals surface area contributed by atoms with Gasteiger partial charge in [0.2, 0.25) is 0 Å². The lowest BCUT2D eigenvalue weighted by molar-refractivity contribution is 0.0334. The largest absolute Gasteiger partial charge is 0.455 e. The lowest BCUT2D eigenvalue weighted by Crippen LogP contribution is -2.51. The Balaban J connectivity index is 0.00000260. The molecule has 14 heteroatoms. The number of piperazine rings is 1. The molecule has 1 atom stereocenters. The van der Waals surface area contributed by atoms with E-state index in [1.165, 1.54) is 18.0 Å². The summed E-state index contributed by atoms with van der Waals surface area (Å²) in [5, 5.41) is 23.5. The second-order valence-electron chi connectivity index (χ2n) is 14.5. The number of pyridine rings is 1. The van der Waals surface area contributed by atoms with Crippen molar-refractivity contribution in [3.63, 3.8) is 0 Å². The number of aromatic nitrogens is 2. The fourth-order valence-electron chi connectivity index (χ4n) is 7.40. The van der Waals surface area contributed by atoms with Gasteiger partial charge in [-0.25, -0.2) is 13.8 Å². The number of benzene rings is 4. The summed E-state index contributed by atoms with van der Waals surface area (Å²) in [6.45, 7) is 5.13. The first-order valence-corrected chi connectivity index (χ1v) is 20.4. The number of aliphatic hydroxyl groups is 2. The number of nitrogens with one attached hydrogen (secondary N) is 3. The maximum absolute atomic E-state index is 14.4. The van der Waals surface area contributed by atoms with Crippen LogP contribution < -0.4 is 19.7 Å². The van der Waals surface area contributed by atoms with Crippen LogP contribution in [0.3, 0.4) is 0 Å². The number of carbonyl (C=O) groups is 1. The zero-order valence-corrected chi connectivity index (χ0v) is 33.6. The van der Waals surface area contributed by atoms with Crippen molar-refractivity contribution in [1.82, 2.24) is 19.6 Å². The van der Waals surface area contributed by atoms with Crippen molar-refractivity contribution in [1.29, 1.82) is 0 Å². The van der Waals surface area contributed by atoms with Gasteiger partial charge in [0.05, 0.1) is 11.8 Å². The van der Waals surface area contributed by atoms with E-state index in [0.29, 0.717) is 54.7 Å². The summed E-state index contributed by atoms with van der Waals surface area (Å²) in [6.07, 6.45) is 5.57. The first kappa shape index (κ1) is 41.6. The maximum atomic E-state index is 14.4. The second-order valence-corrected chi connectivity index (χ2v) is 15.4. The Bertz CT molecular complexity index is 2300. The molecule has 5 N–H and O–H groups in total. The molecule has 2 fully saturated rings. The molecule has 0 spiro atoms. The Morgan fingerprint density at radius 2 is 1.68 bits per heavy atom. The SMILES string of the molecule is CO.O=C(NSc1ccc(NCC2CCOCC2)cc1)c1ccc(N2CCN(CC(O)(c3ccccc3)c3ccc(F)c(F)c3)CC2)cc1Oc1cnc2[nH]ccc2c1. The molecule has 0 aliphatic carbocycles. The summed E-state index contributed by atoms with van der Waals surface area (Å²) in [4.78, 5) is 26.5. The third kappa shape index (κ3) is 10.2. The van der Waals surface area contributed by atoms with E-state index in [1.807, 2.05) is 72.9 Å². The van der Waals surface area contributed by atoms with E-state index in [2.05, 4.69) is 29.8 Å². The lowest BCUT2D eigenvalue weighted by atomic mass is 9.85. The highest BCUT2D eigenvalue weighted by atomic mass is 32.2. The summed E-state index contributed by atoms with van der Waals surface area (Å²) in [5.74, 6) is -0.794. The molecule has 0 bridgehead atoms. The Morgan fingerprint density at radius 3 is 2.42 bits per heavy atom. The van der Waals surface area contributed by atoms with E-state index in [-0.39, 0.29) is 18.0 Å². The van der Waals surface area contributed by atoms with E-state index >= 15 is 0 Å². The van der Waals surface area contributed by atoms with Crippen LogP contribution in [-0.2, 0) is 10.3 Å². The van der Waals surface area contributed by atoms with Crippen LogP contribution in [0.15, 0.2) is 120 Å². The van der Waals surface area contributed by atoms with Gasteiger partial charge < -0.3 is 34.9 Å². The van der Waals surface area contributed by atoms with Crippen molar-refractivity contribution in [3.8, 4) is 11.5 Å². The van der Waals surface area contributed by atoms with Crippen LogP contribution in [0.5, 0.6) is 11.5 Å². The molecule has 59 heavy (non-hydrogen) atoms. The van der Waals surface area contributed by atoms with E-state index in [9.17, 15) is 18.7 Å². The van der Waals surface area contributed by atoms with Gasteiger partial charge in [-0.15, -0.1) is 0 Å². The number of rotatable bonds is 13. The highest BCUT2D eigenvalue weighted by molar-refractivity contribution is 7.98. The number of aliphatic hydroxyl groups excluding tert-OH is 1. The molecule has 8 rings (SSSR count). The predicted molar refractivity (Wildman–Crippen MR) is 227 cm³/mol. The fraction of sp³-hybridized carbons (Fsp3) is 0.289. The molecule has 6 aromatic rings. The summed E-state index contributed by atoms with van der Waals surface area (Å²) in [5.41, 5.74) is 2.32. The van der Waals surface area contributed by atoms with Crippen molar-refractivity contribution in [2.75, 3.05) is 69.8 Å². The number of hydrogen-bond donors (Lipinski definition) is 5. The molecule has 4 aromatic carbocycles. The van der Waals surface area contributed by atoms with Crippen LogP contribution in [0.4, 0.5) is 20.2 Å². The monoisotopic (exact) mass is 822 g/mol. The molecule has 2 aromatic heterocycles. The predicted octanol–water partition coefficient (Wildman–Crippen LogP) is 7.58. The molecule has 0 radical (unpaired) electrons. The topological polar surface area (TPSA) is 135 Å². The minimum absolute atomic E-state index is 0.186. The summed E-state index contributed by atoms with van der Waals surface area (Å²) in [6, 6.07) is 30.0. The Morgan fingerprint density at radius 1 is 0.915 bits per heavy atom. The molecular weight excluding hydrogens is 775 g/mol. The number of nitrogens with zero attached hydrogens (tertiary/aromatic N) is 3. The third-order valence-electron chi connectivity index (χ3n) is 10.7. The number of β-amino-alcohol motifs (C(OH)–C–C–N with tert-alkyl or cyclic N) is 1. The number of carbonyl (C=O) groups excluding carboxylic acids is 1. The first-order chi connectivity index (χ1) is 28.8. The van der Waals surface area contributed by atoms with Crippen LogP contribution in [0, 0.1) is 17.6 Å². The van der Waals surface area contributed by atoms with Gasteiger partial charge in [0.25, 0.3) is 5.91 Å². The van der Waals surface area contributed by atoms with Crippen LogP contribution in [0.25, 0.3) is 11.0 Å². The van der Waals surface area contributed by atoms with Gasteiger partial charge in [0.15, 0.2) is 11.6 Å². The number of anilines is 2. The molecule has 4 heterocycles. The summed E-state index contributed by atoms with van der Waals surface area (Å²) >= 11 is 1.24. The van der Waals surface area contributed by atoms with Gasteiger partial charge in [0, 0.05) is 93.5 Å². The Labute approximate surface area is 346 Å². The van der Waals surface area contributed by atoms with E-state index in [4.69, 9.17) is 14.6 Å². The zero-order valence-electron chi connectivity index (χ0n) is 32.7. The molecule has 11 nitrogen and oxygen atoms in total. The minimum Gasteiger partial charge on any atom is -0.455 e. The highest BCUT2D eigenvalue weighted by Gasteiger charge is 2.35. The number of aromatic amines is 1. The standard InChI is InChI=1S/C44H44F2N6O4S.CH4O/c45-39-13-6-33(25-40(39)46)44(54,32-4-2-1-3-5-32)29-51-18-20-52(21-19-51)35-9-12-38(41(26-35)56-36-24-31-14-17-47-42(31)49-28-36)43(53)50-57-37-10-7-34(8-11-37)48-27-30-15-22-55-23-16-30;1-2/h1-14,17,24-26,28,30,48,54H,15-16,18-23,27,29H2,(H,47,49)(H,50,53);2H,1H3. The van der Waals surface area contributed by atoms with Crippen LogP contribution in [-0.4, -0.2) is 90.6 Å². The van der Waals surface area contributed by atoms with Gasteiger partial charge in [-0.05, 0) is 102 Å². The fourth-order valence-corrected chi connectivity index (χ4v) is 7.99. The Hall–Kier alpha value is -5.51. The van der Waals surface area contributed by atoms with Crippen LogP contribution in [0.1, 0.15) is 34.3 Å². The number of amides is 1. The van der Waals surface area contributed by atoms with Gasteiger partial charge in [-0.3, -0.25) is 14.4 Å². The van der Waals surface area contributed by atoms with Crippen molar-refractivity contribution < 1.29 is 33.3 Å². The highest BCUT2D eigenvalue weighted by Crippen LogP contribution is 2.35. The number of ether oxygens (including phenoxy) is 2. The number of H-pyrrole nitrogens is 1. The lowest BCUT2D eigenvalue weighted by Gasteiger charge is -2.41. The van der Waals surface area contributed by atoms with E-state index in [0.717, 1.165) is 79.1 Å². The molecule has 308 valence electrons. The number of halogens is 2. The van der Waals surface area contributed by atoms with Crippen LogP contribution in [0.2, 0.25) is 0 Å². The molecular formula is C45H48F2N6O5S. The van der Waals surface area contributed by atoms with Crippen LogP contribution >= 0.6 is 11.9 Å². The molecule has 2 aliphatic heterocycles. The number of hydrogen-bond acceptors (Lipinski definition) is 10. The second kappa shape index (κ2) is 19.5.